The number of carbonyl (C=O) groups excluding carboxylic acids is 1. The Hall–Kier alpha value is -1.43. The number of hydrogen-bond donors (Lipinski definition) is 1. The second kappa shape index (κ2) is 7.90. The fourth-order valence-corrected chi connectivity index (χ4v) is 2.56. The van der Waals surface area contributed by atoms with Crippen molar-refractivity contribution in [1.29, 1.82) is 0 Å². The SMILES string of the molecule is CN1CCN(N[C@@H](Cc2ccccc2)C(=O)OC(C)(C)C)CC1. The van der Waals surface area contributed by atoms with E-state index in [1.165, 1.54) is 0 Å². The first kappa shape index (κ1) is 17.9. The lowest BCUT2D eigenvalue weighted by molar-refractivity contribution is -0.159. The molecule has 0 aliphatic carbocycles. The van der Waals surface area contributed by atoms with Gasteiger partial charge in [-0.25, -0.2) is 10.4 Å². The summed E-state index contributed by atoms with van der Waals surface area (Å²) in [6.45, 7) is 9.52. The molecule has 1 atom stereocenters. The summed E-state index contributed by atoms with van der Waals surface area (Å²) in [6, 6.07) is 9.71. The highest BCUT2D eigenvalue weighted by atomic mass is 16.6. The van der Waals surface area contributed by atoms with Crippen molar-refractivity contribution >= 4 is 5.97 Å². The number of piperazine rings is 1. The number of likely N-dealkylation sites (N-methyl/N-ethyl adjacent to an activating group) is 1. The molecule has 5 heteroatoms. The topological polar surface area (TPSA) is 44.8 Å². The lowest BCUT2D eigenvalue weighted by Crippen LogP contribution is -2.56. The van der Waals surface area contributed by atoms with Crippen LogP contribution in [0.15, 0.2) is 30.3 Å². The Balaban J connectivity index is 2.03. The van der Waals surface area contributed by atoms with Crippen LogP contribution < -0.4 is 5.43 Å². The monoisotopic (exact) mass is 319 g/mol. The summed E-state index contributed by atoms with van der Waals surface area (Å²) in [5.41, 5.74) is 4.03. The Kier molecular flexibility index (Phi) is 6.16. The number of carbonyl (C=O) groups is 1. The summed E-state index contributed by atoms with van der Waals surface area (Å²) in [6.07, 6.45) is 0.627. The number of ether oxygens (including phenoxy) is 1. The van der Waals surface area contributed by atoms with Crippen molar-refractivity contribution < 1.29 is 9.53 Å². The van der Waals surface area contributed by atoms with Crippen molar-refractivity contribution in [1.82, 2.24) is 15.3 Å². The van der Waals surface area contributed by atoms with E-state index < -0.39 is 5.60 Å². The van der Waals surface area contributed by atoms with E-state index in [4.69, 9.17) is 4.74 Å². The summed E-state index contributed by atoms with van der Waals surface area (Å²) < 4.78 is 5.60. The number of benzene rings is 1. The average molecular weight is 319 g/mol. The van der Waals surface area contributed by atoms with Gasteiger partial charge in [-0.15, -0.1) is 0 Å². The van der Waals surface area contributed by atoms with Crippen molar-refractivity contribution in [3.63, 3.8) is 0 Å². The van der Waals surface area contributed by atoms with Gasteiger partial charge in [0.25, 0.3) is 0 Å². The zero-order chi connectivity index (χ0) is 16.9. The quantitative estimate of drug-likeness (QED) is 0.837. The summed E-state index contributed by atoms with van der Waals surface area (Å²) in [7, 11) is 2.12. The predicted octanol–water partition coefficient (Wildman–Crippen LogP) is 1.69. The van der Waals surface area contributed by atoms with Gasteiger partial charge >= 0.3 is 5.97 Å². The van der Waals surface area contributed by atoms with Crippen LogP contribution in [-0.2, 0) is 16.0 Å². The van der Waals surface area contributed by atoms with E-state index in [-0.39, 0.29) is 12.0 Å². The van der Waals surface area contributed by atoms with E-state index >= 15 is 0 Å². The van der Waals surface area contributed by atoms with Gasteiger partial charge in [0.15, 0.2) is 0 Å². The molecule has 0 bridgehead atoms. The Morgan fingerprint density at radius 3 is 2.35 bits per heavy atom. The molecule has 2 rings (SSSR count). The molecule has 0 saturated carbocycles. The van der Waals surface area contributed by atoms with Crippen molar-refractivity contribution in [2.24, 2.45) is 0 Å². The third-order valence-corrected chi connectivity index (χ3v) is 3.82. The van der Waals surface area contributed by atoms with Gasteiger partial charge in [-0.3, -0.25) is 4.79 Å². The van der Waals surface area contributed by atoms with E-state index in [1.54, 1.807) is 0 Å². The zero-order valence-electron chi connectivity index (χ0n) is 14.7. The van der Waals surface area contributed by atoms with E-state index in [1.807, 2.05) is 51.1 Å². The molecule has 0 amide bonds. The Morgan fingerprint density at radius 1 is 1.17 bits per heavy atom. The number of hydrazine groups is 1. The van der Waals surface area contributed by atoms with Crippen LogP contribution in [0.3, 0.4) is 0 Å². The van der Waals surface area contributed by atoms with Gasteiger partial charge in [-0.2, -0.15) is 0 Å². The van der Waals surface area contributed by atoms with Crippen LogP contribution in [0.4, 0.5) is 0 Å². The normalized spacial score (nSPS) is 18.6. The highest BCUT2D eigenvalue weighted by molar-refractivity contribution is 5.76. The van der Waals surface area contributed by atoms with E-state index in [0.717, 1.165) is 31.7 Å². The molecule has 0 radical (unpaired) electrons. The summed E-state index contributed by atoms with van der Waals surface area (Å²) in [5, 5.41) is 2.14. The van der Waals surface area contributed by atoms with Crippen LogP contribution in [0.1, 0.15) is 26.3 Å². The van der Waals surface area contributed by atoms with E-state index in [2.05, 4.69) is 22.4 Å². The first-order valence-corrected chi connectivity index (χ1v) is 8.30. The van der Waals surface area contributed by atoms with Gasteiger partial charge in [0, 0.05) is 26.2 Å². The number of esters is 1. The van der Waals surface area contributed by atoms with Crippen molar-refractivity contribution in [3.05, 3.63) is 35.9 Å². The summed E-state index contributed by atoms with van der Waals surface area (Å²) in [4.78, 5) is 14.9. The molecule has 1 aromatic carbocycles. The molecule has 5 nitrogen and oxygen atoms in total. The first-order chi connectivity index (χ1) is 10.8. The molecule has 0 unspecified atom stereocenters. The maximum absolute atomic E-state index is 12.6. The second-order valence-electron chi connectivity index (χ2n) is 7.20. The minimum atomic E-state index is -0.476. The highest BCUT2D eigenvalue weighted by Crippen LogP contribution is 2.12. The van der Waals surface area contributed by atoms with Gasteiger partial charge in [-0.05, 0) is 39.8 Å². The minimum absolute atomic E-state index is 0.194. The summed E-state index contributed by atoms with van der Waals surface area (Å²) >= 11 is 0. The van der Waals surface area contributed by atoms with Crippen molar-refractivity contribution in [3.8, 4) is 0 Å². The highest BCUT2D eigenvalue weighted by Gasteiger charge is 2.28. The van der Waals surface area contributed by atoms with Crippen LogP contribution in [0.25, 0.3) is 0 Å². The largest absolute Gasteiger partial charge is 0.459 e. The summed E-state index contributed by atoms with van der Waals surface area (Å²) in [5.74, 6) is -0.194. The molecular weight excluding hydrogens is 290 g/mol. The molecule has 128 valence electrons. The third-order valence-electron chi connectivity index (χ3n) is 3.82. The third kappa shape index (κ3) is 6.29. The van der Waals surface area contributed by atoms with Gasteiger partial charge in [0.1, 0.15) is 11.6 Å². The first-order valence-electron chi connectivity index (χ1n) is 8.30. The molecule has 1 N–H and O–H groups in total. The van der Waals surface area contributed by atoms with Gasteiger partial charge in [0.2, 0.25) is 0 Å². The maximum atomic E-state index is 12.6. The number of nitrogens with zero attached hydrogens (tertiary/aromatic N) is 2. The lowest BCUT2D eigenvalue weighted by Gasteiger charge is -2.35. The predicted molar refractivity (Wildman–Crippen MR) is 92.0 cm³/mol. The maximum Gasteiger partial charge on any atom is 0.325 e. The molecule has 1 fully saturated rings. The van der Waals surface area contributed by atoms with Crippen LogP contribution in [0.5, 0.6) is 0 Å². The molecule has 1 heterocycles. The van der Waals surface area contributed by atoms with Crippen molar-refractivity contribution in [2.75, 3.05) is 33.2 Å². The molecule has 1 aliphatic heterocycles. The number of hydrogen-bond acceptors (Lipinski definition) is 5. The lowest BCUT2D eigenvalue weighted by atomic mass is 10.1. The van der Waals surface area contributed by atoms with Gasteiger partial charge in [-0.1, -0.05) is 30.3 Å². The molecule has 0 spiro atoms. The Morgan fingerprint density at radius 2 is 1.78 bits per heavy atom. The fourth-order valence-electron chi connectivity index (χ4n) is 2.56. The Bertz CT molecular complexity index is 491. The molecule has 1 aliphatic rings. The van der Waals surface area contributed by atoms with E-state index in [9.17, 15) is 4.79 Å². The molecule has 23 heavy (non-hydrogen) atoms. The Labute approximate surface area is 139 Å². The van der Waals surface area contributed by atoms with Gasteiger partial charge in [0.05, 0.1) is 0 Å². The van der Waals surface area contributed by atoms with Crippen LogP contribution in [0.2, 0.25) is 0 Å². The van der Waals surface area contributed by atoms with Crippen molar-refractivity contribution in [2.45, 2.75) is 38.8 Å². The van der Waals surface area contributed by atoms with Gasteiger partial charge < -0.3 is 9.64 Å². The van der Waals surface area contributed by atoms with Crippen LogP contribution >= 0.6 is 0 Å². The molecule has 0 aromatic heterocycles. The molecule has 1 aromatic rings. The van der Waals surface area contributed by atoms with E-state index in [0.29, 0.717) is 6.42 Å². The molecule has 1 saturated heterocycles. The molecular formula is C18H29N3O2. The smallest absolute Gasteiger partial charge is 0.325 e. The average Bonchev–Trinajstić information content (AvgIpc) is 2.48. The number of rotatable bonds is 5. The second-order valence-corrected chi connectivity index (χ2v) is 7.20. The zero-order valence-corrected chi connectivity index (χ0v) is 14.7. The van der Waals surface area contributed by atoms with Crippen LogP contribution in [0, 0.1) is 0 Å². The minimum Gasteiger partial charge on any atom is -0.459 e. The van der Waals surface area contributed by atoms with Crippen LogP contribution in [-0.4, -0.2) is 60.7 Å². The fraction of sp³-hybridized carbons (Fsp3) is 0.611. The standard InChI is InChI=1S/C18H29N3O2/c1-18(2,3)23-17(22)16(14-15-8-6-5-7-9-15)19-21-12-10-20(4)11-13-21/h5-9,16,19H,10-14H2,1-4H3/t16-/m0/s1. The number of nitrogens with one attached hydrogen (secondary N) is 1.